The van der Waals surface area contributed by atoms with E-state index in [0.717, 1.165) is 0 Å². The Morgan fingerprint density at radius 1 is 1.45 bits per heavy atom. The molecule has 0 heterocycles. The molecule has 0 saturated heterocycles. The molecule has 11 heavy (non-hydrogen) atoms. The maximum absolute atomic E-state index is 3.98. The van der Waals surface area contributed by atoms with E-state index in [2.05, 4.69) is 26.7 Å². The molecular weight excluding hydrogens is 152 g/mol. The van der Waals surface area contributed by atoms with Crippen LogP contribution in [0.4, 0.5) is 0 Å². The van der Waals surface area contributed by atoms with Crippen molar-refractivity contribution in [2.45, 2.75) is 44.8 Å². The summed E-state index contributed by atoms with van der Waals surface area (Å²) in [4.78, 5) is 0. The standard InChI is InChI=1S/C10H20S/c1-5-6-7-8-10(11-4)9(2)3/h10H,2,5-8H2,1,3-4H3. The minimum absolute atomic E-state index is 0.696. The van der Waals surface area contributed by atoms with Crippen LogP contribution in [0.15, 0.2) is 12.2 Å². The monoisotopic (exact) mass is 172 g/mol. The Morgan fingerprint density at radius 2 is 2.09 bits per heavy atom. The number of unbranched alkanes of at least 4 members (excludes halogenated alkanes) is 2. The molecule has 0 aromatic rings. The topological polar surface area (TPSA) is 0 Å². The second-order valence-electron chi connectivity index (χ2n) is 3.07. The van der Waals surface area contributed by atoms with Crippen LogP contribution in [0.3, 0.4) is 0 Å². The van der Waals surface area contributed by atoms with Gasteiger partial charge in [-0.15, -0.1) is 0 Å². The van der Waals surface area contributed by atoms with Crippen LogP contribution < -0.4 is 0 Å². The lowest BCUT2D eigenvalue weighted by Crippen LogP contribution is -2.02. The highest BCUT2D eigenvalue weighted by molar-refractivity contribution is 7.99. The van der Waals surface area contributed by atoms with Crippen LogP contribution in [0.25, 0.3) is 0 Å². The van der Waals surface area contributed by atoms with Gasteiger partial charge in [0.05, 0.1) is 0 Å². The van der Waals surface area contributed by atoms with Gasteiger partial charge in [0.25, 0.3) is 0 Å². The van der Waals surface area contributed by atoms with Gasteiger partial charge in [0.1, 0.15) is 0 Å². The minimum Gasteiger partial charge on any atom is -0.158 e. The van der Waals surface area contributed by atoms with E-state index in [1.54, 1.807) is 0 Å². The number of rotatable bonds is 6. The van der Waals surface area contributed by atoms with E-state index < -0.39 is 0 Å². The van der Waals surface area contributed by atoms with Gasteiger partial charge in [-0.1, -0.05) is 38.3 Å². The SMILES string of the molecule is C=C(C)C(CCCCC)SC. The maximum Gasteiger partial charge on any atom is 0.0248 e. The second-order valence-corrected chi connectivity index (χ2v) is 4.11. The van der Waals surface area contributed by atoms with Crippen molar-refractivity contribution in [2.75, 3.05) is 6.26 Å². The van der Waals surface area contributed by atoms with Crippen LogP contribution in [0.2, 0.25) is 0 Å². The van der Waals surface area contributed by atoms with Gasteiger partial charge in [0.2, 0.25) is 0 Å². The van der Waals surface area contributed by atoms with Gasteiger partial charge in [0, 0.05) is 5.25 Å². The highest BCUT2D eigenvalue weighted by Gasteiger charge is 2.05. The number of hydrogen-bond donors (Lipinski definition) is 0. The molecule has 0 fully saturated rings. The lowest BCUT2D eigenvalue weighted by atomic mass is 10.1. The Kier molecular flexibility index (Phi) is 6.83. The first-order valence-corrected chi connectivity index (χ1v) is 5.69. The first-order chi connectivity index (χ1) is 5.22. The summed E-state index contributed by atoms with van der Waals surface area (Å²) in [7, 11) is 0. The van der Waals surface area contributed by atoms with E-state index in [9.17, 15) is 0 Å². The van der Waals surface area contributed by atoms with E-state index in [1.807, 2.05) is 11.8 Å². The third kappa shape index (κ3) is 5.37. The molecule has 0 spiro atoms. The molecule has 0 aliphatic carbocycles. The van der Waals surface area contributed by atoms with Gasteiger partial charge in [-0.05, 0) is 19.6 Å². The summed E-state index contributed by atoms with van der Waals surface area (Å²) in [5.41, 5.74) is 1.33. The van der Waals surface area contributed by atoms with Gasteiger partial charge >= 0.3 is 0 Å². The highest BCUT2D eigenvalue weighted by atomic mass is 32.2. The molecule has 0 aromatic carbocycles. The highest BCUT2D eigenvalue weighted by Crippen LogP contribution is 2.20. The zero-order chi connectivity index (χ0) is 8.69. The van der Waals surface area contributed by atoms with Gasteiger partial charge in [-0.2, -0.15) is 11.8 Å². The molecule has 1 atom stereocenters. The quantitative estimate of drug-likeness (QED) is 0.433. The largest absolute Gasteiger partial charge is 0.158 e. The van der Waals surface area contributed by atoms with Crippen LogP contribution in [-0.2, 0) is 0 Å². The van der Waals surface area contributed by atoms with Gasteiger partial charge in [-0.3, -0.25) is 0 Å². The zero-order valence-corrected chi connectivity index (χ0v) is 8.84. The average Bonchev–Trinajstić information content (AvgIpc) is 1.97. The van der Waals surface area contributed by atoms with E-state index in [-0.39, 0.29) is 0 Å². The second kappa shape index (κ2) is 6.78. The third-order valence-electron chi connectivity index (χ3n) is 1.90. The van der Waals surface area contributed by atoms with E-state index in [0.29, 0.717) is 5.25 Å². The summed E-state index contributed by atoms with van der Waals surface area (Å²) in [6.07, 6.45) is 7.52. The first-order valence-electron chi connectivity index (χ1n) is 4.40. The molecule has 1 unspecified atom stereocenters. The van der Waals surface area contributed by atoms with Crippen molar-refractivity contribution in [3.8, 4) is 0 Å². The molecule has 66 valence electrons. The van der Waals surface area contributed by atoms with Crippen LogP contribution in [0.1, 0.15) is 39.5 Å². The smallest absolute Gasteiger partial charge is 0.0248 e. The Balaban J connectivity index is 3.44. The summed E-state index contributed by atoms with van der Waals surface area (Å²) in [5.74, 6) is 0. The van der Waals surface area contributed by atoms with Gasteiger partial charge in [-0.25, -0.2) is 0 Å². The maximum atomic E-state index is 3.98. The Morgan fingerprint density at radius 3 is 2.45 bits per heavy atom. The normalized spacial score (nSPS) is 13.0. The fraction of sp³-hybridized carbons (Fsp3) is 0.800. The molecule has 0 radical (unpaired) electrons. The van der Waals surface area contributed by atoms with Crippen molar-refractivity contribution in [3.05, 3.63) is 12.2 Å². The predicted molar refractivity (Wildman–Crippen MR) is 56.3 cm³/mol. The van der Waals surface area contributed by atoms with Crippen molar-refractivity contribution >= 4 is 11.8 Å². The van der Waals surface area contributed by atoms with Crippen LogP contribution in [0.5, 0.6) is 0 Å². The van der Waals surface area contributed by atoms with Crippen molar-refractivity contribution < 1.29 is 0 Å². The zero-order valence-electron chi connectivity index (χ0n) is 8.02. The van der Waals surface area contributed by atoms with E-state index in [4.69, 9.17) is 0 Å². The van der Waals surface area contributed by atoms with Crippen LogP contribution >= 0.6 is 11.8 Å². The van der Waals surface area contributed by atoms with Crippen molar-refractivity contribution in [2.24, 2.45) is 0 Å². The average molecular weight is 172 g/mol. The molecule has 0 aliphatic rings. The van der Waals surface area contributed by atoms with Gasteiger partial charge < -0.3 is 0 Å². The summed E-state index contributed by atoms with van der Waals surface area (Å²) in [6.45, 7) is 8.36. The fourth-order valence-electron chi connectivity index (χ4n) is 1.15. The van der Waals surface area contributed by atoms with Crippen molar-refractivity contribution in [1.29, 1.82) is 0 Å². The summed E-state index contributed by atoms with van der Waals surface area (Å²) < 4.78 is 0. The number of hydrogen-bond acceptors (Lipinski definition) is 1. The summed E-state index contributed by atoms with van der Waals surface area (Å²) in [6, 6.07) is 0. The molecular formula is C10H20S. The van der Waals surface area contributed by atoms with Crippen LogP contribution in [-0.4, -0.2) is 11.5 Å². The van der Waals surface area contributed by atoms with E-state index >= 15 is 0 Å². The molecule has 0 nitrogen and oxygen atoms in total. The summed E-state index contributed by atoms with van der Waals surface area (Å²) >= 11 is 1.93. The Bertz CT molecular complexity index is 107. The molecule has 1 heteroatoms. The first kappa shape index (κ1) is 11.1. The molecule has 0 N–H and O–H groups in total. The predicted octanol–water partition coefficient (Wildman–Crippen LogP) is 3.87. The van der Waals surface area contributed by atoms with E-state index in [1.165, 1.54) is 31.3 Å². The van der Waals surface area contributed by atoms with Gasteiger partial charge in [0.15, 0.2) is 0 Å². The van der Waals surface area contributed by atoms with Crippen LogP contribution in [0, 0.1) is 0 Å². The lowest BCUT2D eigenvalue weighted by molar-refractivity contribution is 0.672. The molecule has 0 bridgehead atoms. The number of thioether (sulfide) groups is 1. The van der Waals surface area contributed by atoms with Crippen molar-refractivity contribution in [3.63, 3.8) is 0 Å². The lowest BCUT2D eigenvalue weighted by Gasteiger charge is -2.13. The fourth-order valence-corrected chi connectivity index (χ4v) is 1.95. The Labute approximate surface area is 75.5 Å². The summed E-state index contributed by atoms with van der Waals surface area (Å²) in [5, 5.41) is 0.696. The molecule has 0 saturated carbocycles. The molecule has 0 aliphatic heterocycles. The van der Waals surface area contributed by atoms with Crippen molar-refractivity contribution in [1.82, 2.24) is 0 Å². The minimum atomic E-state index is 0.696. The third-order valence-corrected chi connectivity index (χ3v) is 3.11. The Hall–Kier alpha value is 0.0900. The molecule has 0 rings (SSSR count). The molecule has 0 amide bonds. The molecule has 0 aromatic heterocycles.